The summed E-state index contributed by atoms with van der Waals surface area (Å²) >= 11 is 0. The molecule has 0 saturated carbocycles. The number of hydrogen-bond acceptors (Lipinski definition) is 2. The van der Waals surface area contributed by atoms with Crippen LogP contribution in [0.4, 0.5) is 4.39 Å². The van der Waals surface area contributed by atoms with Gasteiger partial charge < -0.3 is 5.73 Å². The summed E-state index contributed by atoms with van der Waals surface area (Å²) in [6.45, 7) is 0.183. The van der Waals surface area contributed by atoms with Gasteiger partial charge in [-0.25, -0.2) is 9.07 Å². The minimum absolute atomic E-state index is 0.0623. The first-order valence-electron chi connectivity index (χ1n) is 8.45. The van der Waals surface area contributed by atoms with E-state index in [1.807, 2.05) is 0 Å². The molecular weight excluding hydrogens is 253 g/mol. The minimum Gasteiger partial charge on any atom is -0.326 e. The third-order valence-corrected chi connectivity index (χ3v) is 2.83. The van der Waals surface area contributed by atoms with Crippen LogP contribution < -0.4 is 5.73 Å². The molecule has 1 heterocycles. The van der Waals surface area contributed by atoms with Crippen LogP contribution in [0.15, 0.2) is 60.8 Å². The van der Waals surface area contributed by atoms with Crippen molar-refractivity contribution < 1.29 is 11.2 Å². The van der Waals surface area contributed by atoms with Gasteiger partial charge in [-0.15, -0.1) is 0 Å². The highest BCUT2D eigenvalue weighted by atomic mass is 19.1. The zero-order valence-electron chi connectivity index (χ0n) is 15.4. The Hall–Kier alpha value is -2.46. The lowest BCUT2D eigenvalue weighted by atomic mass is 10.1. The minimum atomic E-state index is -0.469. The molecule has 0 bridgehead atoms. The molecule has 0 atom stereocenters. The van der Waals surface area contributed by atoms with Gasteiger partial charge in [-0.05, 0) is 41.4 Å². The van der Waals surface area contributed by atoms with Crippen molar-refractivity contribution in [3.05, 3.63) is 72.2 Å². The number of halogens is 1. The van der Waals surface area contributed by atoms with Crippen LogP contribution >= 0.6 is 0 Å². The van der Waals surface area contributed by atoms with E-state index >= 15 is 0 Å². The lowest BCUT2D eigenvalue weighted by molar-refractivity contribution is 0.626. The Bertz CT molecular complexity index is 942. The summed E-state index contributed by atoms with van der Waals surface area (Å²) in [5.41, 5.74) is 7.19. The van der Waals surface area contributed by atoms with Crippen LogP contribution in [-0.4, -0.2) is 9.78 Å². The van der Waals surface area contributed by atoms with Crippen LogP contribution in [0.1, 0.15) is 12.4 Å². The topological polar surface area (TPSA) is 43.8 Å². The van der Waals surface area contributed by atoms with Crippen LogP contribution in [0, 0.1) is 5.82 Å². The van der Waals surface area contributed by atoms with E-state index in [4.69, 9.17) is 12.6 Å². The van der Waals surface area contributed by atoms with Gasteiger partial charge in [-0.1, -0.05) is 18.1 Å². The molecular formula is C16H14FN3. The van der Waals surface area contributed by atoms with Crippen LogP contribution in [0.25, 0.3) is 16.8 Å². The van der Waals surface area contributed by atoms with Crippen molar-refractivity contribution in [1.82, 2.24) is 9.78 Å². The average molecular weight is 272 g/mol. The molecule has 2 aromatic carbocycles. The Morgan fingerprint density at radius 3 is 2.70 bits per heavy atom. The maximum atomic E-state index is 13.7. The van der Waals surface area contributed by atoms with E-state index in [0.29, 0.717) is 16.7 Å². The van der Waals surface area contributed by atoms with Crippen LogP contribution in [0.2, 0.25) is 0 Å². The van der Waals surface area contributed by atoms with Crippen molar-refractivity contribution in [3.8, 4) is 16.8 Å². The fourth-order valence-corrected chi connectivity index (χ4v) is 1.89. The van der Waals surface area contributed by atoms with E-state index in [1.54, 1.807) is 6.07 Å². The average Bonchev–Trinajstić information content (AvgIpc) is 3.07. The molecule has 4 heteroatoms. The van der Waals surface area contributed by atoms with Gasteiger partial charge in [0, 0.05) is 18.3 Å². The van der Waals surface area contributed by atoms with Gasteiger partial charge in [-0.3, -0.25) is 0 Å². The van der Waals surface area contributed by atoms with Crippen molar-refractivity contribution in [2.24, 2.45) is 5.73 Å². The largest absolute Gasteiger partial charge is 0.326 e. The maximum Gasteiger partial charge on any atom is 0.124 e. The molecule has 0 saturated heterocycles. The summed E-state index contributed by atoms with van der Waals surface area (Å²) in [7, 11) is 0. The molecule has 0 aliphatic heterocycles. The molecule has 20 heavy (non-hydrogen) atoms. The SMILES string of the molecule is [2H]c1c([2H])c([2H])c(-n2cc(-c3cc(F)cc(CN)c3)cn2)c([2H])c1[2H]. The molecule has 100 valence electrons. The number of aromatic nitrogens is 2. The van der Waals surface area contributed by atoms with Gasteiger partial charge >= 0.3 is 0 Å². The predicted molar refractivity (Wildman–Crippen MR) is 76.8 cm³/mol. The Labute approximate surface area is 123 Å². The first-order chi connectivity index (χ1) is 11.8. The van der Waals surface area contributed by atoms with Crippen LogP contribution in [0.5, 0.6) is 0 Å². The van der Waals surface area contributed by atoms with Gasteiger partial charge in [0.05, 0.1) is 18.7 Å². The number of benzene rings is 2. The predicted octanol–water partition coefficient (Wildman–Crippen LogP) is 3.14. The molecule has 0 aliphatic carbocycles. The van der Waals surface area contributed by atoms with Gasteiger partial charge in [-0.2, -0.15) is 5.10 Å². The standard InChI is InChI=1S/C16H14FN3/c17-15-7-12(9-18)6-13(8-15)14-10-19-20(11-14)16-4-2-1-3-5-16/h1-8,10-11H,9,18H2/i1D,2D,3D,4D,5D. The van der Waals surface area contributed by atoms with Crippen molar-refractivity contribution in [2.45, 2.75) is 6.54 Å². The quantitative estimate of drug-likeness (QED) is 0.796. The number of nitrogens with zero attached hydrogens (tertiary/aromatic N) is 2. The van der Waals surface area contributed by atoms with Gasteiger partial charge in [0.1, 0.15) is 5.82 Å². The first kappa shape index (κ1) is 7.97. The molecule has 0 aliphatic rings. The Morgan fingerprint density at radius 2 is 1.95 bits per heavy atom. The fraction of sp³-hybridized carbons (Fsp3) is 0.0625. The molecule has 2 N–H and O–H groups in total. The molecule has 0 spiro atoms. The molecule has 3 rings (SSSR count). The number of para-hydroxylation sites is 1. The van der Waals surface area contributed by atoms with Crippen molar-refractivity contribution >= 4 is 0 Å². The molecule has 3 nitrogen and oxygen atoms in total. The van der Waals surface area contributed by atoms with Crippen molar-refractivity contribution in [1.29, 1.82) is 0 Å². The summed E-state index contributed by atoms with van der Waals surface area (Å²) in [6, 6.07) is 2.31. The molecule has 0 unspecified atom stereocenters. The summed E-state index contributed by atoms with van der Waals surface area (Å²) in [4.78, 5) is 0. The highest BCUT2D eigenvalue weighted by molar-refractivity contribution is 5.63. The summed E-state index contributed by atoms with van der Waals surface area (Å²) in [5, 5.41) is 4.08. The lowest BCUT2D eigenvalue weighted by Crippen LogP contribution is -1.97. The van der Waals surface area contributed by atoms with E-state index in [-0.39, 0.29) is 24.3 Å². The molecule has 1 aromatic heterocycles. The fourth-order valence-electron chi connectivity index (χ4n) is 1.89. The van der Waals surface area contributed by atoms with Crippen LogP contribution in [0.3, 0.4) is 0 Å². The van der Waals surface area contributed by atoms with E-state index in [0.717, 1.165) is 0 Å². The summed E-state index contributed by atoms with van der Waals surface area (Å²) < 4.78 is 53.9. The van der Waals surface area contributed by atoms with Crippen LogP contribution in [-0.2, 0) is 6.54 Å². The summed E-state index contributed by atoms with van der Waals surface area (Å²) in [5.74, 6) is -0.437. The molecule has 0 amide bonds. The normalized spacial score (nSPS) is 14.2. The van der Waals surface area contributed by atoms with Crippen molar-refractivity contribution in [2.75, 3.05) is 0 Å². The van der Waals surface area contributed by atoms with E-state index in [9.17, 15) is 4.39 Å². The maximum absolute atomic E-state index is 13.7. The number of nitrogens with two attached hydrogens (primary N) is 1. The Morgan fingerprint density at radius 1 is 1.15 bits per heavy atom. The van der Waals surface area contributed by atoms with E-state index in [1.165, 1.54) is 29.2 Å². The van der Waals surface area contributed by atoms with E-state index in [2.05, 4.69) is 5.10 Å². The molecule has 0 fully saturated rings. The highest BCUT2D eigenvalue weighted by Crippen LogP contribution is 2.22. The first-order valence-corrected chi connectivity index (χ1v) is 5.95. The third-order valence-electron chi connectivity index (χ3n) is 2.83. The number of rotatable bonds is 3. The van der Waals surface area contributed by atoms with Gasteiger partial charge in [0.2, 0.25) is 0 Å². The van der Waals surface area contributed by atoms with Gasteiger partial charge in [0.15, 0.2) is 0 Å². The summed E-state index contributed by atoms with van der Waals surface area (Å²) in [6.07, 6.45) is 2.93. The second kappa shape index (κ2) is 5.27. The molecule has 3 aromatic rings. The monoisotopic (exact) mass is 272 g/mol. The number of hydrogen-bond donors (Lipinski definition) is 1. The smallest absolute Gasteiger partial charge is 0.124 e. The third kappa shape index (κ3) is 2.46. The van der Waals surface area contributed by atoms with E-state index < -0.39 is 23.9 Å². The lowest BCUT2D eigenvalue weighted by Gasteiger charge is -2.02. The molecule has 0 radical (unpaired) electrons. The second-order valence-electron chi connectivity index (χ2n) is 4.20. The van der Waals surface area contributed by atoms with Crippen molar-refractivity contribution in [3.63, 3.8) is 0 Å². The highest BCUT2D eigenvalue weighted by Gasteiger charge is 2.06. The van der Waals surface area contributed by atoms with Gasteiger partial charge in [0.25, 0.3) is 0 Å². The Balaban J connectivity index is 2.14. The Kier molecular flexibility index (Phi) is 2.10. The second-order valence-corrected chi connectivity index (χ2v) is 4.20. The zero-order valence-corrected chi connectivity index (χ0v) is 10.4. The zero-order chi connectivity index (χ0) is 18.3.